The van der Waals surface area contributed by atoms with Crippen molar-refractivity contribution >= 4 is 0 Å². The summed E-state index contributed by atoms with van der Waals surface area (Å²) >= 11 is 0. The molecule has 0 aliphatic rings. The fourth-order valence-electron chi connectivity index (χ4n) is 2.24. The van der Waals surface area contributed by atoms with Gasteiger partial charge in [0.25, 0.3) is 0 Å². The minimum Gasteiger partial charge on any atom is -0.383 e. The van der Waals surface area contributed by atoms with Gasteiger partial charge in [0, 0.05) is 31.8 Å². The molecule has 1 unspecified atom stereocenters. The zero-order valence-corrected chi connectivity index (χ0v) is 13.3. The van der Waals surface area contributed by atoms with Crippen LogP contribution in [0.3, 0.4) is 0 Å². The lowest BCUT2D eigenvalue weighted by molar-refractivity contribution is 0.0671. The van der Waals surface area contributed by atoms with Crippen molar-refractivity contribution in [3.05, 3.63) is 0 Å². The highest BCUT2D eigenvalue weighted by Gasteiger charge is 2.20. The van der Waals surface area contributed by atoms with Crippen LogP contribution in [0, 0.1) is 0 Å². The number of hydrogen-bond donors (Lipinski definition) is 1. The Morgan fingerprint density at radius 1 is 1.11 bits per heavy atom. The van der Waals surface area contributed by atoms with Gasteiger partial charge in [-0.2, -0.15) is 0 Å². The molecule has 0 bridgehead atoms. The van der Waals surface area contributed by atoms with Crippen LogP contribution in [-0.4, -0.2) is 49.8 Å². The Bertz CT molecular complexity index is 183. The summed E-state index contributed by atoms with van der Waals surface area (Å²) < 4.78 is 5.39. The summed E-state index contributed by atoms with van der Waals surface area (Å²) in [6.07, 6.45) is 3.89. The summed E-state index contributed by atoms with van der Waals surface area (Å²) in [7, 11) is 1.80. The molecular formula is C15H34N2O. The van der Waals surface area contributed by atoms with E-state index in [1.165, 1.54) is 25.8 Å². The molecule has 0 aliphatic heterocycles. The van der Waals surface area contributed by atoms with E-state index in [4.69, 9.17) is 4.74 Å². The van der Waals surface area contributed by atoms with E-state index in [1.54, 1.807) is 7.11 Å². The molecule has 0 aliphatic carbocycles. The Kier molecular flexibility index (Phi) is 10.7. The molecule has 1 atom stereocenters. The molecule has 0 radical (unpaired) electrons. The van der Waals surface area contributed by atoms with Crippen LogP contribution in [0.2, 0.25) is 0 Å². The molecule has 0 amide bonds. The zero-order valence-electron chi connectivity index (χ0n) is 13.3. The SMILES string of the molecule is CCCCCN(C(C)C)C(CNC(C)C)COC. The van der Waals surface area contributed by atoms with Gasteiger partial charge in [-0.15, -0.1) is 0 Å². The highest BCUT2D eigenvalue weighted by Crippen LogP contribution is 2.09. The van der Waals surface area contributed by atoms with Crippen LogP contribution in [0.15, 0.2) is 0 Å². The average molecular weight is 258 g/mol. The van der Waals surface area contributed by atoms with Crippen LogP contribution in [0.25, 0.3) is 0 Å². The van der Waals surface area contributed by atoms with Gasteiger partial charge < -0.3 is 10.1 Å². The molecule has 3 heteroatoms. The first-order valence-electron chi connectivity index (χ1n) is 7.50. The molecular weight excluding hydrogens is 224 g/mol. The number of hydrogen-bond acceptors (Lipinski definition) is 3. The van der Waals surface area contributed by atoms with Crippen molar-refractivity contribution in [3.63, 3.8) is 0 Å². The van der Waals surface area contributed by atoms with Crippen LogP contribution < -0.4 is 5.32 Å². The van der Waals surface area contributed by atoms with Crippen LogP contribution in [0.4, 0.5) is 0 Å². The molecule has 0 rings (SSSR count). The second-order valence-corrected chi connectivity index (χ2v) is 5.71. The molecule has 0 spiro atoms. The third-order valence-corrected chi connectivity index (χ3v) is 3.27. The van der Waals surface area contributed by atoms with Crippen LogP contribution >= 0.6 is 0 Å². The maximum absolute atomic E-state index is 5.39. The van der Waals surface area contributed by atoms with Gasteiger partial charge >= 0.3 is 0 Å². The lowest BCUT2D eigenvalue weighted by Gasteiger charge is -2.35. The van der Waals surface area contributed by atoms with Gasteiger partial charge in [0.1, 0.15) is 0 Å². The third-order valence-electron chi connectivity index (χ3n) is 3.27. The summed E-state index contributed by atoms with van der Waals surface area (Å²) in [5.74, 6) is 0. The second kappa shape index (κ2) is 10.8. The largest absolute Gasteiger partial charge is 0.383 e. The van der Waals surface area contributed by atoms with Crippen molar-refractivity contribution in [1.82, 2.24) is 10.2 Å². The Morgan fingerprint density at radius 3 is 2.22 bits per heavy atom. The Hall–Kier alpha value is -0.120. The van der Waals surface area contributed by atoms with E-state index in [0.717, 1.165) is 13.2 Å². The number of nitrogens with zero attached hydrogens (tertiary/aromatic N) is 1. The summed E-state index contributed by atoms with van der Waals surface area (Å²) in [5.41, 5.74) is 0. The third kappa shape index (κ3) is 8.06. The van der Waals surface area contributed by atoms with E-state index in [-0.39, 0.29) is 0 Å². The van der Waals surface area contributed by atoms with Gasteiger partial charge in [0.2, 0.25) is 0 Å². The molecule has 0 aromatic carbocycles. The fraction of sp³-hybridized carbons (Fsp3) is 1.00. The molecule has 0 fully saturated rings. The van der Waals surface area contributed by atoms with Crippen molar-refractivity contribution in [2.45, 2.75) is 72.0 Å². The molecule has 3 nitrogen and oxygen atoms in total. The minimum atomic E-state index is 0.481. The predicted octanol–water partition coefficient (Wildman–Crippen LogP) is 2.90. The minimum absolute atomic E-state index is 0.481. The van der Waals surface area contributed by atoms with Gasteiger partial charge in [-0.05, 0) is 26.8 Å². The molecule has 0 saturated carbocycles. The molecule has 110 valence electrons. The molecule has 18 heavy (non-hydrogen) atoms. The molecule has 0 aromatic heterocycles. The van der Waals surface area contributed by atoms with Crippen molar-refractivity contribution in [3.8, 4) is 0 Å². The van der Waals surface area contributed by atoms with E-state index in [0.29, 0.717) is 18.1 Å². The van der Waals surface area contributed by atoms with E-state index in [2.05, 4.69) is 44.8 Å². The maximum atomic E-state index is 5.39. The first-order chi connectivity index (χ1) is 8.52. The predicted molar refractivity (Wildman–Crippen MR) is 80.2 cm³/mol. The Morgan fingerprint density at radius 2 is 1.78 bits per heavy atom. The fourth-order valence-corrected chi connectivity index (χ4v) is 2.24. The summed E-state index contributed by atoms with van der Waals surface area (Å²) in [6.45, 7) is 14.2. The summed E-state index contributed by atoms with van der Waals surface area (Å²) in [4.78, 5) is 2.58. The maximum Gasteiger partial charge on any atom is 0.0630 e. The highest BCUT2D eigenvalue weighted by atomic mass is 16.5. The number of methoxy groups -OCH3 is 1. The van der Waals surface area contributed by atoms with Gasteiger partial charge in [-0.25, -0.2) is 0 Å². The Labute approximate surface area is 114 Å². The van der Waals surface area contributed by atoms with Crippen molar-refractivity contribution in [2.75, 3.05) is 26.8 Å². The lowest BCUT2D eigenvalue weighted by atomic mass is 10.1. The first kappa shape index (κ1) is 17.9. The molecule has 1 N–H and O–H groups in total. The standard InChI is InChI=1S/C15H34N2O/c1-7-8-9-10-17(14(4)5)15(12-18-6)11-16-13(2)3/h13-16H,7-12H2,1-6H3. The topological polar surface area (TPSA) is 24.5 Å². The quantitative estimate of drug-likeness (QED) is 0.577. The molecule has 0 aromatic rings. The zero-order chi connectivity index (χ0) is 14.0. The number of ether oxygens (including phenoxy) is 1. The monoisotopic (exact) mass is 258 g/mol. The normalized spacial score (nSPS) is 13.8. The van der Waals surface area contributed by atoms with E-state index in [9.17, 15) is 0 Å². The second-order valence-electron chi connectivity index (χ2n) is 5.71. The highest BCUT2D eigenvalue weighted by molar-refractivity contribution is 4.77. The lowest BCUT2D eigenvalue weighted by Crippen LogP contribution is -2.49. The molecule has 0 heterocycles. The van der Waals surface area contributed by atoms with E-state index >= 15 is 0 Å². The van der Waals surface area contributed by atoms with Crippen molar-refractivity contribution in [1.29, 1.82) is 0 Å². The average Bonchev–Trinajstić information content (AvgIpc) is 2.30. The summed E-state index contributed by atoms with van der Waals surface area (Å²) in [6, 6.07) is 1.60. The number of nitrogens with one attached hydrogen (secondary N) is 1. The van der Waals surface area contributed by atoms with E-state index < -0.39 is 0 Å². The van der Waals surface area contributed by atoms with Crippen molar-refractivity contribution < 1.29 is 4.74 Å². The number of unbranched alkanes of at least 4 members (excludes halogenated alkanes) is 2. The van der Waals surface area contributed by atoms with Crippen molar-refractivity contribution in [2.24, 2.45) is 0 Å². The van der Waals surface area contributed by atoms with Gasteiger partial charge in [0.15, 0.2) is 0 Å². The Balaban J connectivity index is 4.34. The van der Waals surface area contributed by atoms with Crippen LogP contribution in [0.1, 0.15) is 53.9 Å². The summed E-state index contributed by atoms with van der Waals surface area (Å²) in [5, 5.41) is 3.53. The first-order valence-corrected chi connectivity index (χ1v) is 7.50. The number of rotatable bonds is 11. The molecule has 0 saturated heterocycles. The van der Waals surface area contributed by atoms with E-state index in [1.807, 2.05) is 0 Å². The van der Waals surface area contributed by atoms with Crippen LogP contribution in [-0.2, 0) is 4.74 Å². The smallest absolute Gasteiger partial charge is 0.0630 e. The van der Waals surface area contributed by atoms with Gasteiger partial charge in [-0.1, -0.05) is 33.6 Å². The van der Waals surface area contributed by atoms with Crippen LogP contribution in [0.5, 0.6) is 0 Å². The van der Waals surface area contributed by atoms with Gasteiger partial charge in [-0.3, -0.25) is 4.90 Å². The van der Waals surface area contributed by atoms with Gasteiger partial charge in [0.05, 0.1) is 6.61 Å².